The minimum absolute atomic E-state index is 0.0332. The lowest BCUT2D eigenvalue weighted by atomic mass is 9.86. The molecule has 0 aromatic heterocycles. The minimum atomic E-state index is -0.667. The van der Waals surface area contributed by atoms with Crippen molar-refractivity contribution in [3.05, 3.63) is 64.2 Å². The lowest BCUT2D eigenvalue weighted by molar-refractivity contribution is -0.127. The van der Waals surface area contributed by atoms with E-state index in [0.29, 0.717) is 5.75 Å². The Kier molecular flexibility index (Phi) is 7.49. The van der Waals surface area contributed by atoms with Gasteiger partial charge in [0.2, 0.25) is 0 Å². The Morgan fingerprint density at radius 1 is 1.07 bits per heavy atom. The average molecular weight is 395 g/mol. The van der Waals surface area contributed by atoms with Crippen LogP contribution >= 0.6 is 0 Å². The van der Waals surface area contributed by atoms with Crippen molar-refractivity contribution < 1.29 is 19.5 Å². The minimum Gasteiger partial charge on any atom is -0.508 e. The van der Waals surface area contributed by atoms with Gasteiger partial charge in [-0.15, -0.1) is 0 Å². The topological polar surface area (TPSA) is 71.4 Å². The summed E-state index contributed by atoms with van der Waals surface area (Å²) in [7, 11) is 0. The Morgan fingerprint density at radius 3 is 2.14 bits per heavy atom. The van der Waals surface area contributed by atoms with Crippen LogP contribution in [0.15, 0.2) is 36.4 Å². The molecule has 1 N–H and O–H groups in total. The molecule has 0 saturated heterocycles. The van der Waals surface area contributed by atoms with Crippen LogP contribution in [-0.2, 0) is 20.8 Å². The number of hydrogen-bond donors (Lipinski definition) is 1. The van der Waals surface area contributed by atoms with Crippen LogP contribution in [0, 0.1) is 26.7 Å². The molecule has 2 unspecified atom stereocenters. The van der Waals surface area contributed by atoms with Crippen molar-refractivity contribution in [1.29, 1.82) is 0 Å². The van der Waals surface area contributed by atoms with Gasteiger partial charge in [-0.1, -0.05) is 42.8 Å². The van der Waals surface area contributed by atoms with Gasteiger partial charge in [-0.2, -0.15) is 0 Å². The van der Waals surface area contributed by atoms with Crippen molar-refractivity contribution in [1.82, 2.24) is 0 Å². The van der Waals surface area contributed by atoms with E-state index in [0.717, 1.165) is 34.2 Å². The number of phenols is 1. The van der Waals surface area contributed by atoms with Crippen LogP contribution in [0.4, 0.5) is 0 Å². The fourth-order valence-corrected chi connectivity index (χ4v) is 4.13. The molecule has 1 saturated carbocycles. The fraction of sp³-hybridized carbons (Fsp3) is 0.400. The van der Waals surface area contributed by atoms with Gasteiger partial charge in [0.25, 0.3) is 0 Å². The summed E-state index contributed by atoms with van der Waals surface area (Å²) in [6.45, 7) is 9.37. The summed E-state index contributed by atoms with van der Waals surface area (Å²) < 4.78 is 0. The van der Waals surface area contributed by atoms with E-state index in [9.17, 15) is 14.4 Å². The summed E-state index contributed by atoms with van der Waals surface area (Å²) >= 11 is 0. The van der Waals surface area contributed by atoms with Gasteiger partial charge >= 0.3 is 0 Å². The number of carbonyl (C=O) groups excluding carboxylic acids is 3. The second-order valence-electron chi connectivity index (χ2n) is 7.90. The van der Waals surface area contributed by atoms with Crippen LogP contribution < -0.4 is 0 Å². The number of ketones is 3. The standard InChI is InChI=1S/C17H20O3.C8H10O/c1-9-5-10(2)15(11(3)6-9)16-14(19)8-13(17(16)20)7-12(4)18;1-2-7-5-3-4-6-8(7)9/h5-6,13,16H,7-8H2,1-4H3;3-6,9H,2H2,1H3. The number of Topliss-reactive ketones (excluding diaryl/α,β-unsaturated/α-hetero) is 3. The van der Waals surface area contributed by atoms with Gasteiger partial charge in [0.15, 0.2) is 5.78 Å². The lowest BCUT2D eigenvalue weighted by Crippen LogP contribution is -2.18. The molecule has 2 aromatic rings. The summed E-state index contributed by atoms with van der Waals surface area (Å²) in [5, 5.41) is 9.11. The summed E-state index contributed by atoms with van der Waals surface area (Å²) in [5.41, 5.74) is 4.95. The van der Waals surface area contributed by atoms with E-state index in [1.54, 1.807) is 6.07 Å². The smallest absolute Gasteiger partial charge is 0.151 e. The number of para-hydroxylation sites is 1. The second kappa shape index (κ2) is 9.64. The van der Waals surface area contributed by atoms with Crippen molar-refractivity contribution in [2.24, 2.45) is 5.92 Å². The molecule has 3 rings (SSSR count). The van der Waals surface area contributed by atoms with Gasteiger partial charge in [-0.3, -0.25) is 9.59 Å². The molecule has 0 radical (unpaired) electrons. The number of phenolic OH excluding ortho intramolecular Hbond substituents is 1. The van der Waals surface area contributed by atoms with E-state index in [1.165, 1.54) is 6.92 Å². The third-order valence-electron chi connectivity index (χ3n) is 5.39. The van der Waals surface area contributed by atoms with E-state index in [4.69, 9.17) is 5.11 Å². The first-order valence-electron chi connectivity index (χ1n) is 10.1. The van der Waals surface area contributed by atoms with E-state index < -0.39 is 11.8 Å². The van der Waals surface area contributed by atoms with Crippen LogP contribution in [0.3, 0.4) is 0 Å². The van der Waals surface area contributed by atoms with Gasteiger partial charge in [-0.25, -0.2) is 0 Å². The predicted molar refractivity (Wildman–Crippen MR) is 114 cm³/mol. The molecule has 1 fully saturated rings. The highest BCUT2D eigenvalue weighted by molar-refractivity contribution is 6.15. The van der Waals surface area contributed by atoms with Gasteiger partial charge in [0.05, 0.1) is 0 Å². The Balaban J connectivity index is 0.000000278. The zero-order valence-corrected chi connectivity index (χ0v) is 17.9. The first-order valence-corrected chi connectivity index (χ1v) is 10.1. The first-order chi connectivity index (χ1) is 13.6. The molecule has 1 aliphatic carbocycles. The predicted octanol–water partition coefficient (Wildman–Crippen LogP) is 4.79. The molecule has 29 heavy (non-hydrogen) atoms. The Morgan fingerprint density at radius 2 is 1.66 bits per heavy atom. The number of aryl methyl sites for hydroxylation is 4. The van der Waals surface area contributed by atoms with Crippen molar-refractivity contribution in [3.8, 4) is 5.75 Å². The molecule has 0 aliphatic heterocycles. The normalized spacial score (nSPS) is 18.4. The Labute approximate surface area is 173 Å². The molecule has 0 amide bonds. The van der Waals surface area contributed by atoms with Crippen LogP contribution in [0.2, 0.25) is 0 Å². The highest BCUT2D eigenvalue weighted by atomic mass is 16.3. The van der Waals surface area contributed by atoms with E-state index in [1.807, 2.05) is 58.0 Å². The van der Waals surface area contributed by atoms with Gasteiger partial charge in [-0.05, 0) is 62.4 Å². The van der Waals surface area contributed by atoms with Crippen LogP contribution in [0.5, 0.6) is 5.75 Å². The molecule has 154 valence electrons. The highest BCUT2D eigenvalue weighted by Crippen LogP contribution is 2.37. The number of hydrogen-bond acceptors (Lipinski definition) is 4. The molecular formula is C25H30O4. The van der Waals surface area contributed by atoms with Gasteiger partial charge < -0.3 is 9.90 Å². The van der Waals surface area contributed by atoms with Crippen LogP contribution in [0.1, 0.15) is 60.4 Å². The molecule has 2 aromatic carbocycles. The molecule has 1 aliphatic rings. The summed E-state index contributed by atoms with van der Waals surface area (Å²) in [6.07, 6.45) is 1.29. The third-order valence-corrected chi connectivity index (χ3v) is 5.39. The number of benzene rings is 2. The quantitative estimate of drug-likeness (QED) is 0.757. The van der Waals surface area contributed by atoms with Crippen molar-refractivity contribution in [3.63, 3.8) is 0 Å². The zero-order chi connectivity index (χ0) is 21.7. The fourth-order valence-electron chi connectivity index (χ4n) is 4.13. The van der Waals surface area contributed by atoms with Crippen molar-refractivity contribution in [2.75, 3.05) is 0 Å². The molecule has 4 heteroatoms. The summed E-state index contributed by atoms with van der Waals surface area (Å²) in [4.78, 5) is 35.9. The molecule has 0 bridgehead atoms. The molecule has 2 atom stereocenters. The van der Waals surface area contributed by atoms with Gasteiger partial charge in [0, 0.05) is 18.8 Å². The maximum Gasteiger partial charge on any atom is 0.151 e. The summed E-state index contributed by atoms with van der Waals surface area (Å²) in [6, 6.07) is 11.4. The molecule has 4 nitrogen and oxygen atoms in total. The van der Waals surface area contributed by atoms with E-state index in [-0.39, 0.29) is 30.2 Å². The number of aromatic hydroxyl groups is 1. The zero-order valence-electron chi connectivity index (χ0n) is 17.9. The monoisotopic (exact) mass is 394 g/mol. The second-order valence-corrected chi connectivity index (χ2v) is 7.90. The largest absolute Gasteiger partial charge is 0.508 e. The Hall–Kier alpha value is -2.75. The van der Waals surface area contributed by atoms with Gasteiger partial charge in [0.1, 0.15) is 23.2 Å². The number of rotatable bonds is 4. The molecular weight excluding hydrogens is 364 g/mol. The van der Waals surface area contributed by atoms with E-state index in [2.05, 4.69) is 0 Å². The maximum atomic E-state index is 12.5. The Bertz CT molecular complexity index is 903. The SMILES string of the molecule is CC(=O)CC1CC(=O)C(c2c(C)cc(C)cc2C)C1=O.CCc1ccccc1O. The van der Waals surface area contributed by atoms with Crippen LogP contribution in [-0.4, -0.2) is 22.5 Å². The average Bonchev–Trinajstić information content (AvgIpc) is 2.89. The number of carbonyl (C=O) groups is 3. The van der Waals surface area contributed by atoms with E-state index >= 15 is 0 Å². The van der Waals surface area contributed by atoms with Crippen molar-refractivity contribution >= 4 is 17.3 Å². The first kappa shape index (κ1) is 22.5. The summed E-state index contributed by atoms with van der Waals surface area (Å²) in [5.74, 6) is -0.851. The third kappa shape index (κ3) is 5.41. The lowest BCUT2D eigenvalue weighted by Gasteiger charge is -2.16. The molecule has 0 heterocycles. The maximum absolute atomic E-state index is 12.5. The van der Waals surface area contributed by atoms with Crippen LogP contribution in [0.25, 0.3) is 0 Å². The highest BCUT2D eigenvalue weighted by Gasteiger charge is 2.43. The van der Waals surface area contributed by atoms with Crippen molar-refractivity contribution in [2.45, 2.75) is 59.8 Å². The molecule has 0 spiro atoms.